The highest BCUT2D eigenvalue weighted by molar-refractivity contribution is 5.73. The van der Waals surface area contributed by atoms with E-state index in [1.807, 2.05) is 0 Å². The van der Waals surface area contributed by atoms with Crippen LogP contribution < -0.4 is 4.74 Å². The van der Waals surface area contributed by atoms with Gasteiger partial charge in [-0.05, 0) is 24.6 Å². The fourth-order valence-corrected chi connectivity index (χ4v) is 1.22. The second-order valence-corrected chi connectivity index (χ2v) is 3.22. The molecule has 0 radical (unpaired) electrons. The molecule has 0 bridgehead atoms. The summed E-state index contributed by atoms with van der Waals surface area (Å²) in [5.41, 5.74) is 0.828. The van der Waals surface area contributed by atoms with Gasteiger partial charge >= 0.3 is 11.9 Å². The molecule has 0 aliphatic heterocycles. The van der Waals surface area contributed by atoms with Crippen molar-refractivity contribution in [1.29, 1.82) is 0 Å². The highest BCUT2D eigenvalue weighted by atomic mass is 16.5. The van der Waals surface area contributed by atoms with Gasteiger partial charge in [-0.2, -0.15) is 0 Å². The zero-order chi connectivity index (χ0) is 12.0. The third kappa shape index (κ3) is 4.13. The molecular formula is C12H14O4. The van der Waals surface area contributed by atoms with E-state index in [9.17, 15) is 9.59 Å². The second kappa shape index (κ2) is 5.90. The number of carbonyl (C=O) groups is 2. The van der Waals surface area contributed by atoms with E-state index in [0.717, 1.165) is 5.56 Å². The first kappa shape index (κ1) is 12.2. The summed E-state index contributed by atoms with van der Waals surface area (Å²) in [4.78, 5) is 21.8. The predicted octanol–water partition coefficient (Wildman–Crippen LogP) is 1.72. The van der Waals surface area contributed by atoms with Crippen LogP contribution >= 0.6 is 0 Å². The minimum atomic E-state index is -0.363. The van der Waals surface area contributed by atoms with Crippen molar-refractivity contribution in [2.24, 2.45) is 0 Å². The fourth-order valence-electron chi connectivity index (χ4n) is 1.22. The first-order valence-corrected chi connectivity index (χ1v) is 5.04. The van der Waals surface area contributed by atoms with E-state index < -0.39 is 0 Å². The highest BCUT2D eigenvalue weighted by Gasteiger charge is 2.04. The summed E-state index contributed by atoms with van der Waals surface area (Å²) in [7, 11) is 0. The van der Waals surface area contributed by atoms with Crippen LogP contribution in [0.1, 0.15) is 19.4 Å². The molecule has 0 fully saturated rings. The van der Waals surface area contributed by atoms with Crippen LogP contribution in [0.2, 0.25) is 0 Å². The summed E-state index contributed by atoms with van der Waals surface area (Å²) in [5.74, 6) is -0.152. The molecule has 0 atom stereocenters. The van der Waals surface area contributed by atoms with Gasteiger partial charge in [0.05, 0.1) is 13.0 Å². The van der Waals surface area contributed by atoms with Gasteiger partial charge in [-0.25, -0.2) is 0 Å². The highest BCUT2D eigenvalue weighted by Crippen LogP contribution is 2.13. The molecule has 0 saturated heterocycles. The Morgan fingerprint density at radius 3 is 2.31 bits per heavy atom. The van der Waals surface area contributed by atoms with Crippen molar-refractivity contribution in [2.45, 2.75) is 20.3 Å². The largest absolute Gasteiger partial charge is 0.466 e. The average molecular weight is 222 g/mol. The molecule has 86 valence electrons. The van der Waals surface area contributed by atoms with Crippen molar-refractivity contribution in [3.8, 4) is 5.75 Å². The topological polar surface area (TPSA) is 52.6 Å². The van der Waals surface area contributed by atoms with Gasteiger partial charge in [0.1, 0.15) is 5.75 Å². The van der Waals surface area contributed by atoms with Gasteiger partial charge in [0, 0.05) is 6.92 Å². The Morgan fingerprint density at radius 1 is 1.19 bits per heavy atom. The molecule has 1 rings (SSSR count). The van der Waals surface area contributed by atoms with Gasteiger partial charge < -0.3 is 9.47 Å². The molecule has 0 heterocycles. The Morgan fingerprint density at radius 2 is 1.81 bits per heavy atom. The van der Waals surface area contributed by atoms with Crippen molar-refractivity contribution in [1.82, 2.24) is 0 Å². The maximum absolute atomic E-state index is 11.2. The van der Waals surface area contributed by atoms with Crippen molar-refractivity contribution in [3.63, 3.8) is 0 Å². The van der Waals surface area contributed by atoms with Crippen LogP contribution in [0.25, 0.3) is 0 Å². The lowest BCUT2D eigenvalue weighted by molar-refractivity contribution is -0.142. The zero-order valence-electron chi connectivity index (χ0n) is 9.36. The van der Waals surface area contributed by atoms with E-state index in [0.29, 0.717) is 12.4 Å². The quantitative estimate of drug-likeness (QED) is 0.575. The molecule has 0 amide bonds. The smallest absolute Gasteiger partial charge is 0.310 e. The van der Waals surface area contributed by atoms with E-state index in [2.05, 4.69) is 0 Å². The van der Waals surface area contributed by atoms with Gasteiger partial charge in [-0.1, -0.05) is 12.1 Å². The minimum Gasteiger partial charge on any atom is -0.466 e. The molecule has 0 N–H and O–H groups in total. The molecule has 4 nitrogen and oxygen atoms in total. The maximum atomic E-state index is 11.2. The van der Waals surface area contributed by atoms with Gasteiger partial charge in [0.15, 0.2) is 0 Å². The second-order valence-electron chi connectivity index (χ2n) is 3.22. The number of hydrogen-bond donors (Lipinski definition) is 0. The van der Waals surface area contributed by atoms with Gasteiger partial charge in [0.2, 0.25) is 0 Å². The van der Waals surface area contributed by atoms with Crippen molar-refractivity contribution in [2.75, 3.05) is 6.61 Å². The minimum absolute atomic E-state index is 0.230. The number of carbonyl (C=O) groups excluding carboxylic acids is 2. The number of ether oxygens (including phenoxy) is 2. The van der Waals surface area contributed by atoms with Crippen LogP contribution in [0.5, 0.6) is 5.75 Å². The average Bonchev–Trinajstić information content (AvgIpc) is 2.20. The molecule has 0 spiro atoms. The Bertz CT molecular complexity index is 367. The van der Waals surface area contributed by atoms with E-state index in [1.54, 1.807) is 31.2 Å². The number of benzene rings is 1. The summed E-state index contributed by atoms with van der Waals surface area (Å²) in [6.07, 6.45) is 0.230. The Kier molecular flexibility index (Phi) is 4.51. The molecule has 16 heavy (non-hydrogen) atoms. The maximum Gasteiger partial charge on any atom is 0.310 e. The van der Waals surface area contributed by atoms with Crippen LogP contribution in [0.15, 0.2) is 24.3 Å². The van der Waals surface area contributed by atoms with E-state index in [1.165, 1.54) is 6.92 Å². The molecule has 0 aliphatic carbocycles. The normalized spacial score (nSPS) is 9.62. The summed E-state index contributed by atoms with van der Waals surface area (Å²) < 4.78 is 9.68. The van der Waals surface area contributed by atoms with Gasteiger partial charge in [0.25, 0.3) is 0 Å². The molecular weight excluding hydrogens is 208 g/mol. The van der Waals surface area contributed by atoms with Crippen LogP contribution in [-0.4, -0.2) is 18.5 Å². The summed E-state index contributed by atoms with van der Waals surface area (Å²) >= 11 is 0. The van der Waals surface area contributed by atoms with Crippen molar-refractivity contribution in [3.05, 3.63) is 29.8 Å². The van der Waals surface area contributed by atoms with Crippen LogP contribution in [0.3, 0.4) is 0 Å². The lowest BCUT2D eigenvalue weighted by Gasteiger charge is -2.04. The van der Waals surface area contributed by atoms with Crippen molar-refractivity contribution < 1.29 is 19.1 Å². The molecule has 1 aromatic rings. The Hall–Kier alpha value is -1.84. The molecule has 0 aliphatic rings. The summed E-state index contributed by atoms with van der Waals surface area (Å²) in [5, 5.41) is 0. The van der Waals surface area contributed by atoms with Crippen LogP contribution in [0, 0.1) is 0 Å². The van der Waals surface area contributed by atoms with E-state index in [-0.39, 0.29) is 18.4 Å². The summed E-state index contributed by atoms with van der Waals surface area (Å²) in [6, 6.07) is 6.76. The number of esters is 2. The molecule has 4 heteroatoms. The van der Waals surface area contributed by atoms with E-state index >= 15 is 0 Å². The third-order valence-electron chi connectivity index (χ3n) is 1.84. The Balaban J connectivity index is 2.57. The van der Waals surface area contributed by atoms with Crippen molar-refractivity contribution >= 4 is 11.9 Å². The standard InChI is InChI=1S/C12H14O4/c1-3-15-12(14)8-10-4-6-11(7-5-10)16-9(2)13/h4-7H,3,8H2,1-2H3. The SMILES string of the molecule is CCOC(=O)Cc1ccc(OC(C)=O)cc1. The monoisotopic (exact) mass is 222 g/mol. The number of rotatable bonds is 4. The summed E-state index contributed by atoms with van der Waals surface area (Å²) in [6.45, 7) is 3.48. The fraction of sp³-hybridized carbons (Fsp3) is 0.333. The third-order valence-corrected chi connectivity index (χ3v) is 1.84. The Labute approximate surface area is 94.2 Å². The van der Waals surface area contributed by atoms with Crippen LogP contribution in [0.4, 0.5) is 0 Å². The predicted molar refractivity (Wildman–Crippen MR) is 58.1 cm³/mol. The molecule has 0 unspecified atom stereocenters. The van der Waals surface area contributed by atoms with Gasteiger partial charge in [-0.3, -0.25) is 9.59 Å². The van der Waals surface area contributed by atoms with E-state index in [4.69, 9.17) is 9.47 Å². The molecule has 0 aromatic heterocycles. The molecule has 1 aromatic carbocycles. The first-order chi connectivity index (χ1) is 7.61. The zero-order valence-corrected chi connectivity index (χ0v) is 9.36. The lowest BCUT2D eigenvalue weighted by Crippen LogP contribution is -2.07. The number of hydrogen-bond acceptors (Lipinski definition) is 4. The van der Waals surface area contributed by atoms with Gasteiger partial charge in [-0.15, -0.1) is 0 Å². The lowest BCUT2D eigenvalue weighted by atomic mass is 10.1. The molecule has 0 saturated carbocycles. The van der Waals surface area contributed by atoms with Crippen LogP contribution in [-0.2, 0) is 20.7 Å². The first-order valence-electron chi connectivity index (χ1n) is 5.04.